The smallest absolute Gasteiger partial charge is 0.262 e. The highest BCUT2D eigenvalue weighted by molar-refractivity contribution is 7.17. The van der Waals surface area contributed by atoms with Gasteiger partial charge in [0, 0.05) is 10.9 Å². The van der Waals surface area contributed by atoms with E-state index in [4.69, 9.17) is 4.74 Å². The molecule has 5 nitrogen and oxygen atoms in total. The van der Waals surface area contributed by atoms with Crippen molar-refractivity contribution >= 4 is 21.6 Å². The fourth-order valence-corrected chi connectivity index (χ4v) is 3.84. The van der Waals surface area contributed by atoms with E-state index >= 15 is 0 Å². The Kier molecular flexibility index (Phi) is 5.18. The maximum atomic E-state index is 13.0. The minimum absolute atomic E-state index is 0.0225. The largest absolute Gasteiger partial charge is 0.491 e. The molecule has 0 unspecified atom stereocenters. The van der Waals surface area contributed by atoms with E-state index in [9.17, 15) is 14.3 Å². The van der Waals surface area contributed by atoms with Gasteiger partial charge in [0.25, 0.3) is 5.56 Å². The molecule has 1 atom stereocenters. The molecule has 2 aromatic carbocycles. The van der Waals surface area contributed by atoms with Crippen LogP contribution in [0, 0.1) is 5.82 Å². The quantitative estimate of drug-likeness (QED) is 0.540. The molecule has 0 saturated carbocycles. The van der Waals surface area contributed by atoms with Crippen LogP contribution in [0.5, 0.6) is 5.75 Å². The molecule has 28 heavy (non-hydrogen) atoms. The van der Waals surface area contributed by atoms with Gasteiger partial charge in [-0.1, -0.05) is 30.3 Å². The van der Waals surface area contributed by atoms with Crippen molar-refractivity contribution < 1.29 is 14.2 Å². The average Bonchev–Trinajstić information content (AvgIpc) is 3.15. The fourth-order valence-electron chi connectivity index (χ4n) is 2.93. The lowest BCUT2D eigenvalue weighted by atomic mass is 10.1. The predicted molar refractivity (Wildman–Crippen MR) is 107 cm³/mol. The van der Waals surface area contributed by atoms with E-state index in [0.717, 1.165) is 11.1 Å². The molecular weight excluding hydrogens is 379 g/mol. The molecule has 2 aromatic heterocycles. The first-order valence-corrected chi connectivity index (χ1v) is 9.58. The number of rotatable bonds is 6. The van der Waals surface area contributed by atoms with Gasteiger partial charge in [-0.05, 0) is 29.8 Å². The Labute approximate surface area is 164 Å². The number of hydrogen-bond acceptors (Lipinski definition) is 5. The second-order valence-corrected chi connectivity index (χ2v) is 7.17. The molecule has 0 spiro atoms. The van der Waals surface area contributed by atoms with Gasteiger partial charge in [-0.25, -0.2) is 9.37 Å². The lowest BCUT2D eigenvalue weighted by Crippen LogP contribution is -2.30. The van der Waals surface area contributed by atoms with Gasteiger partial charge in [-0.2, -0.15) is 0 Å². The van der Waals surface area contributed by atoms with Crippen molar-refractivity contribution in [3.63, 3.8) is 0 Å². The molecule has 0 aliphatic carbocycles. The normalized spacial score (nSPS) is 12.2. The molecular formula is C21H17FN2O3S. The molecule has 7 heteroatoms. The lowest BCUT2D eigenvalue weighted by Gasteiger charge is -2.14. The number of aliphatic hydroxyl groups is 1. The summed E-state index contributed by atoms with van der Waals surface area (Å²) in [4.78, 5) is 18.0. The van der Waals surface area contributed by atoms with Crippen LogP contribution in [-0.2, 0) is 6.54 Å². The van der Waals surface area contributed by atoms with E-state index in [0.29, 0.717) is 16.0 Å². The van der Waals surface area contributed by atoms with Gasteiger partial charge in [0.1, 0.15) is 29.1 Å². The Hall–Kier alpha value is -3.03. The minimum atomic E-state index is -0.916. The number of benzene rings is 2. The molecule has 142 valence electrons. The highest BCUT2D eigenvalue weighted by atomic mass is 32.1. The first-order valence-electron chi connectivity index (χ1n) is 8.70. The number of nitrogens with zero attached hydrogens (tertiary/aromatic N) is 2. The van der Waals surface area contributed by atoms with Crippen LogP contribution < -0.4 is 10.3 Å². The van der Waals surface area contributed by atoms with Gasteiger partial charge in [0.2, 0.25) is 0 Å². The summed E-state index contributed by atoms with van der Waals surface area (Å²) in [5, 5.41) is 12.7. The summed E-state index contributed by atoms with van der Waals surface area (Å²) in [5.74, 6) is 0.0920. The van der Waals surface area contributed by atoms with E-state index in [1.807, 2.05) is 35.7 Å². The number of fused-ring (bicyclic) bond motifs is 1. The second kappa shape index (κ2) is 7.92. The van der Waals surface area contributed by atoms with Gasteiger partial charge >= 0.3 is 0 Å². The van der Waals surface area contributed by atoms with Crippen LogP contribution in [0.2, 0.25) is 0 Å². The molecule has 0 aliphatic heterocycles. The molecule has 0 amide bonds. The highest BCUT2D eigenvalue weighted by Gasteiger charge is 2.15. The third-order valence-electron chi connectivity index (χ3n) is 4.31. The third kappa shape index (κ3) is 3.81. The van der Waals surface area contributed by atoms with Gasteiger partial charge in [0.15, 0.2) is 0 Å². The number of aliphatic hydroxyl groups excluding tert-OH is 1. The second-order valence-electron chi connectivity index (χ2n) is 6.32. The van der Waals surface area contributed by atoms with Crippen molar-refractivity contribution in [2.45, 2.75) is 12.6 Å². The number of ether oxygens (including phenoxy) is 1. The van der Waals surface area contributed by atoms with Crippen molar-refractivity contribution in [2.75, 3.05) is 6.61 Å². The summed E-state index contributed by atoms with van der Waals surface area (Å²) in [6, 6.07) is 15.2. The Bertz CT molecular complexity index is 1140. The molecule has 4 rings (SSSR count). The minimum Gasteiger partial charge on any atom is -0.491 e. The van der Waals surface area contributed by atoms with Crippen molar-refractivity contribution in [2.24, 2.45) is 0 Å². The molecule has 0 aliphatic rings. The van der Waals surface area contributed by atoms with Crippen molar-refractivity contribution in [3.05, 3.63) is 82.5 Å². The first-order chi connectivity index (χ1) is 13.6. The number of thiophene rings is 1. The van der Waals surface area contributed by atoms with Gasteiger partial charge < -0.3 is 9.84 Å². The van der Waals surface area contributed by atoms with Crippen LogP contribution in [0.15, 0.2) is 71.1 Å². The van der Waals surface area contributed by atoms with Crippen molar-refractivity contribution in [1.29, 1.82) is 0 Å². The van der Waals surface area contributed by atoms with Crippen LogP contribution in [0.4, 0.5) is 4.39 Å². The van der Waals surface area contributed by atoms with Crippen LogP contribution in [0.25, 0.3) is 21.3 Å². The van der Waals surface area contributed by atoms with Crippen molar-refractivity contribution in [1.82, 2.24) is 9.55 Å². The molecule has 0 radical (unpaired) electrons. The number of aromatic nitrogens is 2. The summed E-state index contributed by atoms with van der Waals surface area (Å²) in [6.45, 7) is 0.0261. The average molecular weight is 396 g/mol. The standard InChI is InChI=1S/C21H17FN2O3S/c22-15-6-8-17(9-7-15)27-11-16(25)10-24-13-23-20-19(21(24)26)18(12-28-20)14-4-2-1-3-5-14/h1-9,12-13,16,25H,10-11H2/t16-/m0/s1. The number of halogens is 1. The molecule has 0 fully saturated rings. The van der Waals surface area contributed by atoms with E-state index < -0.39 is 6.10 Å². The van der Waals surface area contributed by atoms with E-state index in [2.05, 4.69) is 4.98 Å². The van der Waals surface area contributed by atoms with E-state index in [1.165, 1.54) is 46.5 Å². The maximum absolute atomic E-state index is 13.0. The molecule has 4 aromatic rings. The molecule has 1 N–H and O–H groups in total. The maximum Gasteiger partial charge on any atom is 0.262 e. The topological polar surface area (TPSA) is 64.4 Å². The van der Waals surface area contributed by atoms with Crippen LogP contribution >= 0.6 is 11.3 Å². The molecule has 0 saturated heterocycles. The number of hydrogen-bond donors (Lipinski definition) is 1. The van der Waals surface area contributed by atoms with Crippen LogP contribution in [0.3, 0.4) is 0 Å². The summed E-state index contributed by atoms with van der Waals surface area (Å²) in [5.41, 5.74) is 1.58. The Morgan fingerprint density at radius 2 is 1.89 bits per heavy atom. The van der Waals surface area contributed by atoms with E-state index in [1.54, 1.807) is 0 Å². The monoisotopic (exact) mass is 396 g/mol. The summed E-state index contributed by atoms with van der Waals surface area (Å²) >= 11 is 1.42. The Balaban J connectivity index is 1.54. The van der Waals surface area contributed by atoms with Gasteiger partial charge in [-0.15, -0.1) is 11.3 Å². The SMILES string of the molecule is O=c1c2c(-c3ccccc3)csc2ncn1C[C@H](O)COc1ccc(F)cc1. The summed E-state index contributed by atoms with van der Waals surface area (Å²) in [6.07, 6.45) is 0.526. The van der Waals surface area contributed by atoms with Crippen LogP contribution in [-0.4, -0.2) is 27.4 Å². The summed E-state index contributed by atoms with van der Waals surface area (Å²) < 4.78 is 19.8. The molecule has 2 heterocycles. The zero-order chi connectivity index (χ0) is 19.5. The Morgan fingerprint density at radius 3 is 2.64 bits per heavy atom. The fraction of sp³-hybridized carbons (Fsp3) is 0.143. The van der Waals surface area contributed by atoms with Gasteiger partial charge in [-0.3, -0.25) is 9.36 Å². The highest BCUT2D eigenvalue weighted by Crippen LogP contribution is 2.30. The van der Waals surface area contributed by atoms with Gasteiger partial charge in [0.05, 0.1) is 18.3 Å². The predicted octanol–water partition coefficient (Wildman–Crippen LogP) is 3.70. The van der Waals surface area contributed by atoms with Crippen LogP contribution in [0.1, 0.15) is 0 Å². The molecule has 0 bridgehead atoms. The zero-order valence-electron chi connectivity index (χ0n) is 14.8. The Morgan fingerprint density at radius 1 is 1.14 bits per heavy atom. The third-order valence-corrected chi connectivity index (χ3v) is 5.20. The van der Waals surface area contributed by atoms with Crippen molar-refractivity contribution in [3.8, 4) is 16.9 Å². The zero-order valence-corrected chi connectivity index (χ0v) is 15.6. The lowest BCUT2D eigenvalue weighted by molar-refractivity contribution is 0.0914. The first kappa shape index (κ1) is 18.3. The van der Waals surface area contributed by atoms with E-state index in [-0.39, 0.29) is 24.5 Å². The summed E-state index contributed by atoms with van der Waals surface area (Å²) in [7, 11) is 0.